The predicted octanol–water partition coefficient (Wildman–Crippen LogP) is 0.912. The van der Waals surface area contributed by atoms with Crippen LogP contribution in [0, 0.1) is 0 Å². The Kier molecular flexibility index (Phi) is 3.41. The maximum atomic E-state index is 5.30. The van der Waals surface area contributed by atoms with Gasteiger partial charge >= 0.3 is 12.0 Å². The van der Waals surface area contributed by atoms with E-state index < -0.39 is 0 Å². The lowest BCUT2D eigenvalue weighted by atomic mass is 10.5. The molecule has 2 heterocycles. The Morgan fingerprint density at radius 1 is 1.50 bits per heavy atom. The third kappa shape index (κ3) is 2.71. The first-order valence-corrected chi connectivity index (χ1v) is 6.57. The van der Waals surface area contributed by atoms with Crippen LogP contribution < -0.4 is 11.1 Å². The van der Waals surface area contributed by atoms with Crippen molar-refractivity contribution >= 4 is 35.6 Å². The van der Waals surface area contributed by atoms with Gasteiger partial charge in [0, 0.05) is 29.1 Å². The summed E-state index contributed by atoms with van der Waals surface area (Å²) in [6.45, 7) is 0.860. The summed E-state index contributed by atoms with van der Waals surface area (Å²) < 4.78 is 5.00. The number of aromatic nitrogens is 2. The van der Waals surface area contributed by atoms with Crippen molar-refractivity contribution in [2.45, 2.75) is 5.25 Å². The summed E-state index contributed by atoms with van der Waals surface area (Å²) >= 11 is 3.98. The number of nitrogen functional groups attached to an aromatic ring is 1. The monoisotopic (exact) mass is 232 g/mol. The Bertz CT molecular complexity index is 287. The van der Waals surface area contributed by atoms with Crippen LogP contribution in [0.25, 0.3) is 0 Å². The van der Waals surface area contributed by atoms with Gasteiger partial charge in [0.1, 0.15) is 0 Å². The molecule has 0 bridgehead atoms. The maximum Gasteiger partial charge on any atom is 0.316 e. The molecule has 1 aromatic heterocycles. The summed E-state index contributed by atoms with van der Waals surface area (Å²) in [5.41, 5.74) is 5.30. The zero-order chi connectivity index (χ0) is 9.80. The summed E-state index contributed by atoms with van der Waals surface area (Å²) in [6, 6.07) is 0.525. The van der Waals surface area contributed by atoms with E-state index in [2.05, 4.69) is 15.5 Å². The first-order valence-electron chi connectivity index (χ1n) is 4.37. The van der Waals surface area contributed by atoms with Crippen molar-refractivity contribution in [3.63, 3.8) is 0 Å². The van der Waals surface area contributed by atoms with Crippen LogP contribution in [0.3, 0.4) is 0 Å². The Morgan fingerprint density at radius 3 is 3.07 bits per heavy atom. The van der Waals surface area contributed by atoms with Crippen molar-refractivity contribution in [1.29, 1.82) is 0 Å². The maximum absolute atomic E-state index is 5.30. The molecule has 0 spiro atoms. The largest absolute Gasteiger partial charge is 0.390 e. The Labute approximate surface area is 90.6 Å². The molecule has 0 amide bonds. The van der Waals surface area contributed by atoms with Crippen molar-refractivity contribution in [2.24, 2.45) is 0 Å². The molecule has 1 atom stereocenters. The van der Waals surface area contributed by atoms with Crippen molar-refractivity contribution in [2.75, 3.05) is 34.9 Å². The summed E-state index contributed by atoms with van der Waals surface area (Å²) in [5.74, 6) is 3.67. The van der Waals surface area contributed by atoms with Gasteiger partial charge in [-0.25, -0.2) is 0 Å². The van der Waals surface area contributed by atoms with Crippen LogP contribution >= 0.6 is 23.5 Å². The van der Waals surface area contributed by atoms with Crippen molar-refractivity contribution in [3.8, 4) is 0 Å². The van der Waals surface area contributed by atoms with Gasteiger partial charge in [-0.1, -0.05) is 10.2 Å². The minimum atomic E-state index is 0.109. The number of nitrogens with one attached hydrogen (secondary N) is 1. The van der Waals surface area contributed by atoms with Gasteiger partial charge in [0.25, 0.3) is 0 Å². The molecule has 7 heteroatoms. The first kappa shape index (κ1) is 9.97. The Morgan fingerprint density at radius 2 is 2.43 bits per heavy atom. The molecule has 2 rings (SSSR count). The van der Waals surface area contributed by atoms with Crippen LogP contribution in [0.1, 0.15) is 0 Å². The lowest BCUT2D eigenvalue weighted by Crippen LogP contribution is -2.23. The van der Waals surface area contributed by atoms with Gasteiger partial charge in [0.15, 0.2) is 0 Å². The zero-order valence-corrected chi connectivity index (χ0v) is 9.24. The Hall–Kier alpha value is -0.560. The lowest BCUT2D eigenvalue weighted by Gasteiger charge is -2.20. The second-order valence-corrected chi connectivity index (χ2v) is 5.45. The molecule has 0 aromatic carbocycles. The molecule has 3 N–H and O–H groups in total. The third-order valence-electron chi connectivity index (χ3n) is 1.81. The predicted molar refractivity (Wildman–Crippen MR) is 60.8 cm³/mol. The molecule has 1 aliphatic heterocycles. The van der Waals surface area contributed by atoms with E-state index in [0.29, 0.717) is 11.3 Å². The van der Waals surface area contributed by atoms with Gasteiger partial charge in [-0.05, 0) is 0 Å². The van der Waals surface area contributed by atoms with Gasteiger partial charge in [-0.15, -0.1) is 0 Å². The van der Waals surface area contributed by atoms with E-state index >= 15 is 0 Å². The summed E-state index contributed by atoms with van der Waals surface area (Å²) in [7, 11) is 0. The van der Waals surface area contributed by atoms with E-state index in [-0.39, 0.29) is 6.01 Å². The number of nitrogens with zero attached hydrogens (tertiary/aromatic N) is 2. The van der Waals surface area contributed by atoms with Crippen LogP contribution in [0.15, 0.2) is 4.42 Å². The molecule has 0 radical (unpaired) electrons. The minimum Gasteiger partial charge on any atom is -0.390 e. The normalized spacial score (nSPS) is 22.1. The number of thioether (sulfide) groups is 2. The SMILES string of the molecule is Nc1nnc(NCC2CSCCS2)o1. The summed E-state index contributed by atoms with van der Waals surface area (Å²) in [4.78, 5) is 0. The van der Waals surface area contributed by atoms with E-state index in [9.17, 15) is 0 Å². The van der Waals surface area contributed by atoms with Crippen LogP contribution in [0.5, 0.6) is 0 Å². The number of hydrogen-bond acceptors (Lipinski definition) is 7. The van der Waals surface area contributed by atoms with Crippen molar-refractivity contribution in [3.05, 3.63) is 0 Å². The molecular formula is C7H12N4OS2. The van der Waals surface area contributed by atoms with Crippen LogP contribution in [-0.4, -0.2) is 39.3 Å². The molecule has 5 nitrogen and oxygen atoms in total. The first-order chi connectivity index (χ1) is 6.84. The van der Waals surface area contributed by atoms with E-state index in [1.54, 1.807) is 0 Å². The van der Waals surface area contributed by atoms with E-state index in [1.807, 2.05) is 23.5 Å². The number of hydrogen-bond donors (Lipinski definition) is 2. The molecule has 0 saturated carbocycles. The van der Waals surface area contributed by atoms with Crippen molar-refractivity contribution < 1.29 is 4.42 Å². The van der Waals surface area contributed by atoms with Gasteiger partial charge in [-0.3, -0.25) is 0 Å². The molecular weight excluding hydrogens is 220 g/mol. The molecule has 1 saturated heterocycles. The molecule has 1 fully saturated rings. The topological polar surface area (TPSA) is 77.0 Å². The highest BCUT2D eigenvalue weighted by Gasteiger charge is 2.14. The second-order valence-electron chi connectivity index (χ2n) is 2.89. The smallest absolute Gasteiger partial charge is 0.316 e. The van der Waals surface area contributed by atoms with Gasteiger partial charge in [0.2, 0.25) is 0 Å². The fraction of sp³-hybridized carbons (Fsp3) is 0.714. The fourth-order valence-electron chi connectivity index (χ4n) is 1.16. The second kappa shape index (κ2) is 4.79. The van der Waals surface area contributed by atoms with Crippen LogP contribution in [0.4, 0.5) is 12.0 Å². The Balaban J connectivity index is 1.76. The van der Waals surface area contributed by atoms with Gasteiger partial charge in [0.05, 0.1) is 0 Å². The number of nitrogens with two attached hydrogens (primary N) is 1. The van der Waals surface area contributed by atoms with Crippen LogP contribution in [0.2, 0.25) is 0 Å². The van der Waals surface area contributed by atoms with E-state index in [4.69, 9.17) is 10.2 Å². The summed E-state index contributed by atoms with van der Waals surface area (Å²) in [5, 5.41) is 11.0. The van der Waals surface area contributed by atoms with Gasteiger partial charge in [-0.2, -0.15) is 23.5 Å². The number of anilines is 2. The minimum absolute atomic E-state index is 0.109. The highest BCUT2D eigenvalue weighted by molar-refractivity contribution is 8.06. The highest BCUT2D eigenvalue weighted by atomic mass is 32.2. The average molecular weight is 232 g/mol. The van der Waals surface area contributed by atoms with E-state index in [0.717, 1.165) is 6.54 Å². The molecule has 1 aromatic rings. The molecule has 14 heavy (non-hydrogen) atoms. The fourth-order valence-corrected chi connectivity index (χ4v) is 3.77. The lowest BCUT2D eigenvalue weighted by molar-refractivity contribution is 0.586. The average Bonchev–Trinajstić information content (AvgIpc) is 2.63. The molecule has 1 aliphatic rings. The van der Waals surface area contributed by atoms with Crippen molar-refractivity contribution in [1.82, 2.24) is 10.2 Å². The quantitative estimate of drug-likeness (QED) is 0.802. The standard InChI is InChI=1S/C7H12N4OS2/c8-6-10-11-7(12-6)9-3-5-4-13-1-2-14-5/h5H,1-4H2,(H2,8,10)(H,9,11). The summed E-state index contributed by atoms with van der Waals surface area (Å²) in [6.07, 6.45) is 0. The molecule has 0 aliphatic carbocycles. The van der Waals surface area contributed by atoms with E-state index in [1.165, 1.54) is 17.3 Å². The molecule has 78 valence electrons. The molecule has 1 unspecified atom stereocenters. The highest BCUT2D eigenvalue weighted by Crippen LogP contribution is 2.24. The third-order valence-corrected chi connectivity index (χ3v) is 4.65. The zero-order valence-electron chi connectivity index (χ0n) is 7.60. The van der Waals surface area contributed by atoms with Gasteiger partial charge < -0.3 is 15.5 Å². The number of rotatable bonds is 3. The van der Waals surface area contributed by atoms with Crippen LogP contribution in [-0.2, 0) is 0 Å².